The summed E-state index contributed by atoms with van der Waals surface area (Å²) in [4.78, 5) is 12.4. The first-order chi connectivity index (χ1) is 13.1. The molecule has 0 saturated heterocycles. The Morgan fingerprint density at radius 1 is 0.607 bits per heavy atom. The maximum atomic E-state index is 5.91. The van der Waals surface area contributed by atoms with Crippen LogP contribution < -0.4 is 0 Å². The molecule has 0 spiro atoms. The normalized spacial score (nSPS) is 12.0. The summed E-state index contributed by atoms with van der Waals surface area (Å²) in [5.41, 5.74) is 3.76. The van der Waals surface area contributed by atoms with Crippen molar-refractivity contribution >= 4 is 83.1 Å². The van der Waals surface area contributed by atoms with Crippen LogP contribution in [0.15, 0.2) is 48.5 Å². The average molecular weight is 492 g/mol. The molecule has 10 heteroatoms. The van der Waals surface area contributed by atoms with Gasteiger partial charge in [0.1, 0.15) is 0 Å². The number of hydrogen-bond donors (Lipinski definition) is 0. The molecule has 0 radical (unpaired) electrons. The zero-order valence-electron chi connectivity index (χ0n) is 14.0. The zero-order valence-corrected chi connectivity index (χ0v) is 18.5. The van der Waals surface area contributed by atoms with E-state index in [0.717, 1.165) is 16.7 Å². The molecule has 0 aliphatic heterocycles. The zero-order chi connectivity index (χ0) is 20.5. The van der Waals surface area contributed by atoms with E-state index < -0.39 is 7.59 Å². The van der Waals surface area contributed by atoms with Gasteiger partial charge in [0.25, 0.3) is 0 Å². The molecule has 0 bridgehead atoms. The summed E-state index contributed by atoms with van der Waals surface area (Å²) in [5.74, 6) is 1.75. The van der Waals surface area contributed by atoms with Gasteiger partial charge in [-0.1, -0.05) is 69.6 Å². The van der Waals surface area contributed by atoms with E-state index in [-0.39, 0.29) is 17.5 Å². The molecule has 0 saturated carbocycles. The molecular weight excluding hydrogens is 482 g/mol. The van der Waals surface area contributed by atoms with Gasteiger partial charge in [-0.25, -0.2) is 4.98 Å². The van der Waals surface area contributed by atoms with Gasteiger partial charge < -0.3 is 0 Å². The molecule has 0 aliphatic rings. The van der Waals surface area contributed by atoms with Crippen LogP contribution in [0.3, 0.4) is 0 Å². The fraction of sp³-hybridized carbons (Fsp3) is 0.111. The number of aromatic nitrogens is 3. The molecular formula is C18H10BCl6N3. The van der Waals surface area contributed by atoms with Gasteiger partial charge in [-0.2, -0.15) is 0 Å². The standard InChI is InChI=1S/C18H10BCl6N3/c19-9-10-1-3-11(4-2-10)12-5-7-13(8-6-12)14-26-15(17(20,21)22)28-16(27-14)18(23,24)25/h1-9,19H. The van der Waals surface area contributed by atoms with Crippen LogP contribution in [0, 0.1) is 0 Å². The van der Waals surface area contributed by atoms with Crippen LogP contribution in [-0.4, -0.2) is 28.4 Å². The molecule has 1 aromatic heterocycles. The second-order valence-electron chi connectivity index (χ2n) is 5.71. The van der Waals surface area contributed by atoms with Crippen molar-refractivity contribution in [3.63, 3.8) is 0 Å². The van der Waals surface area contributed by atoms with Crippen molar-refractivity contribution < 1.29 is 0 Å². The van der Waals surface area contributed by atoms with Crippen molar-refractivity contribution in [2.24, 2.45) is 0 Å². The second kappa shape index (κ2) is 8.47. The Kier molecular flexibility index (Phi) is 6.60. The molecule has 1 heterocycles. The van der Waals surface area contributed by atoms with Gasteiger partial charge in [-0.05, 0) is 0 Å². The molecule has 0 unspecified atom stereocenters. The minimum absolute atomic E-state index is 0.132. The van der Waals surface area contributed by atoms with E-state index in [0.29, 0.717) is 5.56 Å². The second-order valence-corrected chi connectivity index (χ2v) is 10.3. The van der Waals surface area contributed by atoms with Crippen LogP contribution in [0.2, 0.25) is 0 Å². The molecule has 0 fully saturated rings. The third kappa shape index (κ3) is 5.18. The first-order valence-electron chi connectivity index (χ1n) is 7.82. The van der Waals surface area contributed by atoms with Gasteiger partial charge in [-0.3, -0.25) is 0 Å². The van der Waals surface area contributed by atoms with E-state index in [1.54, 1.807) is 5.97 Å². The summed E-state index contributed by atoms with van der Waals surface area (Å²) < 4.78 is -3.79. The van der Waals surface area contributed by atoms with Crippen LogP contribution in [0.5, 0.6) is 0 Å². The van der Waals surface area contributed by atoms with E-state index in [1.165, 1.54) is 0 Å². The van der Waals surface area contributed by atoms with E-state index in [4.69, 9.17) is 69.6 Å². The Morgan fingerprint density at radius 2 is 1.00 bits per heavy atom. The van der Waals surface area contributed by atoms with Crippen molar-refractivity contribution in [2.45, 2.75) is 7.59 Å². The summed E-state index contributed by atoms with van der Waals surface area (Å²) in [6.45, 7) is 0. The van der Waals surface area contributed by atoms with Crippen molar-refractivity contribution in [1.82, 2.24) is 15.0 Å². The molecule has 0 atom stereocenters. The summed E-state index contributed by atoms with van der Waals surface area (Å²) >= 11 is 35.5. The van der Waals surface area contributed by atoms with Crippen LogP contribution in [-0.2, 0) is 7.59 Å². The Hall–Kier alpha value is -0.875. The van der Waals surface area contributed by atoms with Gasteiger partial charge in [0.05, 0.1) is 0 Å². The number of benzene rings is 2. The van der Waals surface area contributed by atoms with E-state index >= 15 is 0 Å². The fourth-order valence-electron chi connectivity index (χ4n) is 2.38. The van der Waals surface area contributed by atoms with Crippen molar-refractivity contribution in [2.75, 3.05) is 0 Å². The van der Waals surface area contributed by atoms with E-state index in [9.17, 15) is 0 Å². The topological polar surface area (TPSA) is 38.7 Å². The van der Waals surface area contributed by atoms with E-state index in [2.05, 4.69) is 22.4 Å². The van der Waals surface area contributed by atoms with Crippen molar-refractivity contribution in [3.05, 3.63) is 65.7 Å². The molecule has 3 rings (SSSR count). The maximum absolute atomic E-state index is 5.91. The van der Waals surface area contributed by atoms with Gasteiger partial charge in [0.2, 0.25) is 7.59 Å². The number of rotatable bonds is 3. The van der Waals surface area contributed by atoms with Crippen LogP contribution in [0.1, 0.15) is 17.2 Å². The monoisotopic (exact) mass is 489 g/mol. The number of alkyl halides is 6. The quantitative estimate of drug-likeness (QED) is 0.338. The summed E-state index contributed by atoms with van der Waals surface area (Å²) in [6.07, 6.45) is 0. The first kappa shape index (κ1) is 21.8. The Labute approximate surface area is 193 Å². The van der Waals surface area contributed by atoms with E-state index in [1.807, 2.05) is 48.5 Å². The summed E-state index contributed by atoms with van der Waals surface area (Å²) in [6, 6.07) is 15.5. The predicted molar refractivity (Wildman–Crippen MR) is 121 cm³/mol. The summed E-state index contributed by atoms with van der Waals surface area (Å²) in [5, 5.41) is 0. The fourth-order valence-corrected chi connectivity index (χ4v) is 2.89. The molecule has 3 aromatic rings. The van der Waals surface area contributed by atoms with Crippen LogP contribution >= 0.6 is 69.6 Å². The average Bonchev–Trinajstić information content (AvgIpc) is 2.66. The molecule has 142 valence electrons. The number of nitrogens with zero attached hydrogens (tertiary/aromatic N) is 3. The van der Waals surface area contributed by atoms with Gasteiger partial charge >= 0.3 is 112 Å². The first-order valence-corrected chi connectivity index (χ1v) is 10.1. The van der Waals surface area contributed by atoms with Crippen molar-refractivity contribution in [3.8, 4) is 22.5 Å². The molecule has 0 aliphatic carbocycles. The third-order valence-electron chi connectivity index (χ3n) is 3.77. The van der Waals surface area contributed by atoms with Gasteiger partial charge in [-0.15, -0.1) is 0 Å². The molecule has 3 nitrogen and oxygen atoms in total. The molecule has 28 heavy (non-hydrogen) atoms. The molecule has 2 aromatic carbocycles. The minimum atomic E-state index is -1.89. The Balaban J connectivity index is 2.02. The summed E-state index contributed by atoms with van der Waals surface area (Å²) in [7, 11) is 3.75. The number of halogens is 6. The molecule has 0 N–H and O–H groups in total. The van der Waals surface area contributed by atoms with Crippen LogP contribution in [0.4, 0.5) is 0 Å². The Bertz CT molecular complexity index is 964. The number of hydrogen-bond acceptors (Lipinski definition) is 3. The van der Waals surface area contributed by atoms with Gasteiger partial charge in [0.15, 0.2) is 0 Å². The predicted octanol–water partition coefficient (Wildman–Crippen LogP) is 5.91. The third-order valence-corrected chi connectivity index (χ3v) is 4.78. The molecule has 0 amide bonds. The Morgan fingerprint density at radius 3 is 1.39 bits per heavy atom. The van der Waals surface area contributed by atoms with Gasteiger partial charge in [0, 0.05) is 0 Å². The van der Waals surface area contributed by atoms with Crippen LogP contribution in [0.25, 0.3) is 22.5 Å². The van der Waals surface area contributed by atoms with Crippen molar-refractivity contribution in [1.29, 1.82) is 0 Å². The SMILES string of the molecule is B=Cc1ccc(-c2ccc(-c3nc(C(Cl)(Cl)Cl)nc(C(Cl)(Cl)Cl)n3)cc2)cc1.